The maximum absolute atomic E-state index is 15.1. The Morgan fingerprint density at radius 3 is 2.29 bits per heavy atom. The summed E-state index contributed by atoms with van der Waals surface area (Å²) in [7, 11) is 0. The van der Waals surface area contributed by atoms with E-state index < -0.39 is 17.8 Å². The van der Waals surface area contributed by atoms with Crippen molar-refractivity contribution >= 4 is 28.9 Å². The van der Waals surface area contributed by atoms with Crippen LogP contribution in [0.2, 0.25) is 0 Å². The van der Waals surface area contributed by atoms with E-state index >= 15 is 4.39 Å². The molecule has 1 saturated carbocycles. The predicted molar refractivity (Wildman–Crippen MR) is 180 cm³/mol. The van der Waals surface area contributed by atoms with Crippen LogP contribution in [0.25, 0.3) is 0 Å². The van der Waals surface area contributed by atoms with Gasteiger partial charge in [0.25, 0.3) is 5.91 Å². The molecule has 238 valence electrons. The standard InChI is InChI=1S/C38H47FN4O2/c1-3-27-16-21-31(25-34(27)42-22-7-8-23-42)41-37(44)32-14-10-24-43(38(45)35-26(2)11-9-15-33(35)39)36(32)28-17-19-30(20-18-28)40-29-12-5-4-6-13-29/h9,11,15-21,25,29,32,36,40H,3-8,10,12-14,22-24H2,1-2H3,(H,41,44)/t32-,36-/m0/s1. The van der Waals surface area contributed by atoms with E-state index in [1.165, 1.54) is 62.3 Å². The average Bonchev–Trinajstić information content (AvgIpc) is 3.60. The van der Waals surface area contributed by atoms with E-state index in [9.17, 15) is 9.59 Å². The Balaban J connectivity index is 1.30. The first-order valence-corrected chi connectivity index (χ1v) is 17.0. The Morgan fingerprint density at radius 2 is 1.58 bits per heavy atom. The molecular formula is C38H47FN4O2. The van der Waals surface area contributed by atoms with Crippen LogP contribution in [-0.2, 0) is 11.2 Å². The van der Waals surface area contributed by atoms with E-state index in [2.05, 4.69) is 46.7 Å². The number of aryl methyl sites for hydroxylation is 2. The van der Waals surface area contributed by atoms with Gasteiger partial charge in [-0.2, -0.15) is 0 Å². The van der Waals surface area contributed by atoms with Gasteiger partial charge < -0.3 is 20.4 Å². The lowest BCUT2D eigenvalue weighted by atomic mass is 9.83. The number of hydrogen-bond donors (Lipinski definition) is 2. The van der Waals surface area contributed by atoms with Crippen molar-refractivity contribution in [2.75, 3.05) is 35.2 Å². The molecule has 2 aliphatic heterocycles. The number of benzene rings is 3. The lowest BCUT2D eigenvalue weighted by Crippen LogP contribution is -2.46. The Bertz CT molecular complexity index is 1470. The largest absolute Gasteiger partial charge is 0.382 e. The van der Waals surface area contributed by atoms with Gasteiger partial charge in [-0.1, -0.05) is 56.5 Å². The van der Waals surface area contributed by atoms with Crippen LogP contribution in [0.5, 0.6) is 0 Å². The van der Waals surface area contributed by atoms with Crippen molar-refractivity contribution in [3.05, 3.63) is 88.7 Å². The van der Waals surface area contributed by atoms with Crippen LogP contribution in [0.4, 0.5) is 21.5 Å². The third-order valence-corrected chi connectivity index (χ3v) is 10.1. The molecule has 7 heteroatoms. The molecule has 0 aromatic heterocycles. The van der Waals surface area contributed by atoms with Gasteiger partial charge in [-0.15, -0.1) is 0 Å². The number of rotatable bonds is 8. The van der Waals surface area contributed by atoms with Crippen molar-refractivity contribution in [1.82, 2.24) is 4.90 Å². The van der Waals surface area contributed by atoms with E-state index in [1.54, 1.807) is 24.0 Å². The minimum Gasteiger partial charge on any atom is -0.382 e. The molecule has 0 bridgehead atoms. The molecule has 1 aliphatic carbocycles. The summed E-state index contributed by atoms with van der Waals surface area (Å²) in [6.07, 6.45) is 10.8. The van der Waals surface area contributed by atoms with Crippen LogP contribution in [0.3, 0.4) is 0 Å². The van der Waals surface area contributed by atoms with Crippen molar-refractivity contribution in [2.24, 2.45) is 5.92 Å². The van der Waals surface area contributed by atoms with Gasteiger partial charge in [-0.3, -0.25) is 9.59 Å². The fourth-order valence-corrected chi connectivity index (χ4v) is 7.64. The molecule has 2 N–H and O–H groups in total. The van der Waals surface area contributed by atoms with Crippen molar-refractivity contribution in [3.8, 4) is 0 Å². The van der Waals surface area contributed by atoms with Gasteiger partial charge in [0.05, 0.1) is 17.5 Å². The molecule has 3 aliphatic rings. The average molecular weight is 611 g/mol. The van der Waals surface area contributed by atoms with E-state index in [-0.39, 0.29) is 17.4 Å². The molecule has 2 heterocycles. The molecule has 2 atom stereocenters. The molecule has 3 aromatic carbocycles. The number of nitrogens with one attached hydrogen (secondary N) is 2. The summed E-state index contributed by atoms with van der Waals surface area (Å²) in [4.78, 5) is 32.4. The smallest absolute Gasteiger partial charge is 0.257 e. The number of carbonyl (C=O) groups excluding carboxylic acids is 2. The zero-order valence-corrected chi connectivity index (χ0v) is 26.8. The number of amides is 2. The quantitative estimate of drug-likeness (QED) is 0.270. The fourth-order valence-electron chi connectivity index (χ4n) is 7.64. The predicted octanol–water partition coefficient (Wildman–Crippen LogP) is 8.27. The maximum Gasteiger partial charge on any atom is 0.257 e. The molecule has 0 radical (unpaired) electrons. The lowest BCUT2D eigenvalue weighted by Gasteiger charge is -2.41. The normalized spacial score (nSPS) is 20.7. The van der Waals surface area contributed by atoms with E-state index in [0.29, 0.717) is 31.0 Å². The van der Waals surface area contributed by atoms with Crippen LogP contribution in [-0.4, -0.2) is 42.4 Å². The zero-order chi connectivity index (χ0) is 31.3. The Morgan fingerprint density at radius 1 is 0.844 bits per heavy atom. The van der Waals surface area contributed by atoms with E-state index in [0.717, 1.165) is 36.4 Å². The highest BCUT2D eigenvalue weighted by atomic mass is 19.1. The number of nitrogens with zero attached hydrogens (tertiary/aromatic N) is 2. The van der Waals surface area contributed by atoms with Gasteiger partial charge in [0, 0.05) is 42.7 Å². The molecule has 2 saturated heterocycles. The Kier molecular flexibility index (Phi) is 9.72. The molecule has 0 spiro atoms. The van der Waals surface area contributed by atoms with Gasteiger partial charge in [0.2, 0.25) is 5.91 Å². The van der Waals surface area contributed by atoms with Crippen LogP contribution in [0.15, 0.2) is 60.7 Å². The second-order valence-electron chi connectivity index (χ2n) is 13.1. The van der Waals surface area contributed by atoms with E-state index in [4.69, 9.17) is 0 Å². The van der Waals surface area contributed by atoms with Gasteiger partial charge in [-0.05, 0) is 98.9 Å². The zero-order valence-electron chi connectivity index (χ0n) is 26.8. The lowest BCUT2D eigenvalue weighted by molar-refractivity contribution is -0.123. The number of piperidine rings is 1. The topological polar surface area (TPSA) is 64.7 Å². The van der Waals surface area contributed by atoms with E-state index in [1.807, 2.05) is 18.2 Å². The SMILES string of the molecule is CCc1ccc(NC(=O)[C@H]2CCCN(C(=O)c3c(C)cccc3F)[C@H]2c2ccc(NC3CCCCC3)cc2)cc1N1CCCC1. The summed E-state index contributed by atoms with van der Waals surface area (Å²) in [5, 5.41) is 6.90. The number of halogens is 1. The monoisotopic (exact) mass is 610 g/mol. The highest BCUT2D eigenvalue weighted by molar-refractivity contribution is 5.98. The van der Waals surface area contributed by atoms with Crippen LogP contribution < -0.4 is 15.5 Å². The summed E-state index contributed by atoms with van der Waals surface area (Å²) in [5.74, 6) is -1.47. The Hall–Kier alpha value is -3.87. The van der Waals surface area contributed by atoms with Crippen LogP contribution >= 0.6 is 0 Å². The highest BCUT2D eigenvalue weighted by Crippen LogP contribution is 2.39. The van der Waals surface area contributed by atoms with Crippen LogP contribution in [0.1, 0.15) is 97.8 Å². The highest BCUT2D eigenvalue weighted by Gasteiger charge is 2.40. The third-order valence-electron chi connectivity index (χ3n) is 10.1. The van der Waals surface area contributed by atoms with Gasteiger partial charge in [0.15, 0.2) is 0 Å². The number of likely N-dealkylation sites (tertiary alicyclic amines) is 1. The summed E-state index contributed by atoms with van der Waals surface area (Å²) < 4.78 is 15.1. The summed E-state index contributed by atoms with van der Waals surface area (Å²) in [6, 6.07) is 19.1. The minimum absolute atomic E-state index is 0.0875. The maximum atomic E-state index is 15.1. The second-order valence-corrected chi connectivity index (χ2v) is 13.1. The molecule has 6 rings (SSSR count). The first-order chi connectivity index (χ1) is 21.9. The fraction of sp³-hybridized carbons (Fsp3) is 0.474. The van der Waals surface area contributed by atoms with Crippen molar-refractivity contribution < 1.29 is 14.0 Å². The summed E-state index contributed by atoms with van der Waals surface area (Å²) >= 11 is 0. The molecule has 2 amide bonds. The summed E-state index contributed by atoms with van der Waals surface area (Å²) in [5.41, 5.74) is 5.89. The molecule has 6 nitrogen and oxygen atoms in total. The summed E-state index contributed by atoms with van der Waals surface area (Å²) in [6.45, 7) is 6.47. The first kappa shape index (κ1) is 31.1. The molecule has 45 heavy (non-hydrogen) atoms. The Labute approximate surface area is 267 Å². The second kappa shape index (κ2) is 14.1. The van der Waals surface area contributed by atoms with Crippen molar-refractivity contribution in [3.63, 3.8) is 0 Å². The number of hydrogen-bond acceptors (Lipinski definition) is 4. The van der Waals surface area contributed by atoms with Gasteiger partial charge >= 0.3 is 0 Å². The number of anilines is 3. The third kappa shape index (κ3) is 6.87. The van der Waals surface area contributed by atoms with Gasteiger partial charge in [-0.25, -0.2) is 4.39 Å². The van der Waals surface area contributed by atoms with Crippen LogP contribution in [0, 0.1) is 18.7 Å². The van der Waals surface area contributed by atoms with Crippen molar-refractivity contribution in [1.29, 1.82) is 0 Å². The molecule has 0 unspecified atom stereocenters. The molecule has 3 aromatic rings. The van der Waals surface area contributed by atoms with Gasteiger partial charge in [0.1, 0.15) is 5.82 Å². The minimum atomic E-state index is -0.525. The van der Waals surface area contributed by atoms with Crippen molar-refractivity contribution in [2.45, 2.75) is 90.1 Å². The first-order valence-electron chi connectivity index (χ1n) is 17.0. The molecular weight excluding hydrogens is 563 g/mol. The molecule has 3 fully saturated rings. The number of carbonyl (C=O) groups is 2.